The Hall–Kier alpha value is -1.14. The number of nitro benzene ring substituents is 1. The second-order valence-corrected chi connectivity index (χ2v) is 6.17. The molecule has 3 unspecified atom stereocenters. The monoisotopic (exact) mass is 325 g/mol. The van der Waals surface area contributed by atoms with Crippen LogP contribution >= 0.6 is 15.9 Å². The summed E-state index contributed by atoms with van der Waals surface area (Å²) in [5, 5.41) is 14.3. The van der Waals surface area contributed by atoms with Gasteiger partial charge in [0.1, 0.15) is 0 Å². The zero-order valence-electron chi connectivity index (χ0n) is 10.5. The molecule has 2 bridgehead atoms. The highest BCUT2D eigenvalue weighted by Gasteiger charge is 2.34. The number of halogens is 1. The molecule has 2 aliphatic rings. The first kappa shape index (κ1) is 12.9. The summed E-state index contributed by atoms with van der Waals surface area (Å²) in [6.45, 7) is 3.56. The Morgan fingerprint density at radius 2 is 2.16 bits per heavy atom. The van der Waals surface area contributed by atoms with Crippen LogP contribution in [0, 0.1) is 16.0 Å². The van der Waals surface area contributed by atoms with Crippen molar-refractivity contribution in [3.8, 4) is 0 Å². The number of piperidine rings is 1. The number of nitro groups is 1. The van der Waals surface area contributed by atoms with Crippen molar-refractivity contribution in [3.63, 3.8) is 0 Å². The maximum absolute atomic E-state index is 10.8. The van der Waals surface area contributed by atoms with Gasteiger partial charge in [-0.2, -0.15) is 0 Å². The number of anilines is 1. The lowest BCUT2D eigenvalue weighted by molar-refractivity contribution is -0.385. The summed E-state index contributed by atoms with van der Waals surface area (Å²) in [4.78, 5) is 12.9. The van der Waals surface area contributed by atoms with Gasteiger partial charge in [-0.25, -0.2) is 0 Å². The predicted molar refractivity (Wildman–Crippen MR) is 77.4 cm³/mol. The van der Waals surface area contributed by atoms with Gasteiger partial charge in [0.2, 0.25) is 0 Å². The molecule has 1 N–H and O–H groups in total. The van der Waals surface area contributed by atoms with E-state index in [-0.39, 0.29) is 10.6 Å². The lowest BCUT2D eigenvalue weighted by Gasteiger charge is -2.31. The largest absolute Gasteiger partial charge is 0.382 e. The number of fused-ring (bicyclic) bond motifs is 2. The molecule has 2 saturated heterocycles. The van der Waals surface area contributed by atoms with Gasteiger partial charge in [0.15, 0.2) is 0 Å². The molecule has 6 heteroatoms. The maximum atomic E-state index is 10.8. The Morgan fingerprint density at radius 3 is 2.89 bits per heavy atom. The van der Waals surface area contributed by atoms with Crippen molar-refractivity contribution >= 4 is 27.3 Å². The second kappa shape index (κ2) is 5.09. The van der Waals surface area contributed by atoms with Crippen molar-refractivity contribution in [1.82, 2.24) is 4.90 Å². The third kappa shape index (κ3) is 2.60. The average molecular weight is 326 g/mol. The molecule has 2 aliphatic heterocycles. The van der Waals surface area contributed by atoms with Crippen LogP contribution in [0.2, 0.25) is 0 Å². The molecule has 3 atom stereocenters. The second-order valence-electron chi connectivity index (χ2n) is 5.31. The summed E-state index contributed by atoms with van der Waals surface area (Å²) in [7, 11) is 0. The molecule has 2 fully saturated rings. The quantitative estimate of drug-likeness (QED) is 0.685. The van der Waals surface area contributed by atoms with Crippen LogP contribution in [0.5, 0.6) is 0 Å². The Bertz CT molecular complexity index is 509. The molecule has 2 heterocycles. The molecule has 102 valence electrons. The van der Waals surface area contributed by atoms with Gasteiger partial charge in [-0.1, -0.05) is 0 Å². The molecule has 0 aromatic heterocycles. The fourth-order valence-corrected chi connectivity index (χ4v) is 3.62. The molecule has 1 aromatic rings. The smallest absolute Gasteiger partial charge is 0.283 e. The molecule has 3 rings (SSSR count). The van der Waals surface area contributed by atoms with E-state index in [1.165, 1.54) is 19.5 Å². The lowest BCUT2D eigenvalue weighted by Crippen LogP contribution is -2.39. The van der Waals surface area contributed by atoms with E-state index >= 15 is 0 Å². The van der Waals surface area contributed by atoms with Gasteiger partial charge in [-0.3, -0.25) is 10.1 Å². The molecule has 1 aromatic carbocycles. The minimum Gasteiger partial charge on any atom is -0.382 e. The zero-order valence-corrected chi connectivity index (χ0v) is 12.1. The van der Waals surface area contributed by atoms with Crippen molar-refractivity contribution in [1.29, 1.82) is 0 Å². The molecule has 19 heavy (non-hydrogen) atoms. The highest BCUT2D eigenvalue weighted by Crippen LogP contribution is 2.32. The number of nitrogens with one attached hydrogen (secondary N) is 1. The normalized spacial score (nSPS) is 29.2. The first-order valence-electron chi connectivity index (χ1n) is 6.56. The number of rotatable bonds is 3. The van der Waals surface area contributed by atoms with Crippen molar-refractivity contribution in [2.24, 2.45) is 5.92 Å². The number of hydrogen-bond donors (Lipinski definition) is 1. The Labute approximate surface area is 120 Å². The third-order valence-corrected chi connectivity index (χ3v) is 4.77. The van der Waals surface area contributed by atoms with Crippen molar-refractivity contribution in [2.75, 3.05) is 25.0 Å². The molecule has 0 spiro atoms. The van der Waals surface area contributed by atoms with Crippen LogP contribution in [0.15, 0.2) is 22.7 Å². The lowest BCUT2D eigenvalue weighted by atomic mass is 9.94. The van der Waals surface area contributed by atoms with Gasteiger partial charge < -0.3 is 10.2 Å². The van der Waals surface area contributed by atoms with Crippen molar-refractivity contribution in [3.05, 3.63) is 32.8 Å². The van der Waals surface area contributed by atoms with Crippen LogP contribution in [0.25, 0.3) is 0 Å². The summed E-state index contributed by atoms with van der Waals surface area (Å²) >= 11 is 3.26. The maximum Gasteiger partial charge on any atom is 0.283 e. The summed E-state index contributed by atoms with van der Waals surface area (Å²) in [5.74, 6) is 0.711. The van der Waals surface area contributed by atoms with Gasteiger partial charge in [0.25, 0.3) is 5.69 Å². The minimum absolute atomic E-state index is 0.112. The number of hydrogen-bond acceptors (Lipinski definition) is 4. The first-order valence-corrected chi connectivity index (χ1v) is 7.35. The van der Waals surface area contributed by atoms with Gasteiger partial charge in [-0.05, 0) is 53.4 Å². The highest BCUT2D eigenvalue weighted by molar-refractivity contribution is 9.10. The van der Waals surface area contributed by atoms with Gasteiger partial charge in [0, 0.05) is 30.9 Å². The summed E-state index contributed by atoms with van der Waals surface area (Å²) in [5.41, 5.74) is 1.07. The van der Waals surface area contributed by atoms with Gasteiger partial charge in [-0.15, -0.1) is 0 Å². The molecule has 0 amide bonds. The summed E-state index contributed by atoms with van der Waals surface area (Å²) in [6.07, 6.45) is 2.41. The van der Waals surface area contributed by atoms with E-state index in [1.807, 2.05) is 0 Å². The molecule has 0 aliphatic carbocycles. The van der Waals surface area contributed by atoms with E-state index in [4.69, 9.17) is 0 Å². The molecular formula is C13H16BrN3O2. The Kier molecular flexibility index (Phi) is 3.45. The average Bonchev–Trinajstić information content (AvgIpc) is 2.75. The van der Waals surface area contributed by atoms with Gasteiger partial charge in [0.05, 0.1) is 9.40 Å². The Balaban J connectivity index is 1.73. The van der Waals surface area contributed by atoms with Crippen LogP contribution in [-0.4, -0.2) is 35.5 Å². The van der Waals surface area contributed by atoms with Crippen LogP contribution < -0.4 is 5.32 Å². The Morgan fingerprint density at radius 1 is 1.37 bits per heavy atom. The van der Waals surface area contributed by atoms with E-state index in [0.29, 0.717) is 16.4 Å². The van der Waals surface area contributed by atoms with Crippen LogP contribution in [0.1, 0.15) is 12.8 Å². The highest BCUT2D eigenvalue weighted by atomic mass is 79.9. The summed E-state index contributed by atoms with van der Waals surface area (Å²) in [6, 6.07) is 5.65. The van der Waals surface area contributed by atoms with E-state index in [2.05, 4.69) is 26.1 Å². The zero-order chi connectivity index (χ0) is 13.4. The first-order chi connectivity index (χ1) is 9.13. The molecule has 5 nitrogen and oxygen atoms in total. The van der Waals surface area contributed by atoms with Gasteiger partial charge >= 0.3 is 0 Å². The molecular weight excluding hydrogens is 310 g/mol. The minimum atomic E-state index is -0.372. The van der Waals surface area contributed by atoms with Crippen LogP contribution in [0.3, 0.4) is 0 Å². The van der Waals surface area contributed by atoms with Crippen LogP contribution in [-0.2, 0) is 0 Å². The van der Waals surface area contributed by atoms with Crippen molar-refractivity contribution < 1.29 is 4.92 Å². The molecule has 0 radical (unpaired) electrons. The van der Waals surface area contributed by atoms with E-state index in [9.17, 15) is 10.1 Å². The third-order valence-electron chi connectivity index (χ3n) is 4.13. The van der Waals surface area contributed by atoms with E-state index < -0.39 is 0 Å². The van der Waals surface area contributed by atoms with E-state index in [1.54, 1.807) is 18.2 Å². The number of benzene rings is 1. The standard InChI is InChI=1S/C13H16BrN3O2/c14-11-7-10(1-2-13(11)17(18)19)15-12-4-6-16-5-3-9(12)8-16/h1-2,7,9,12,15H,3-6,8H2. The topological polar surface area (TPSA) is 58.4 Å². The fourth-order valence-electron chi connectivity index (χ4n) is 3.10. The van der Waals surface area contributed by atoms with Crippen molar-refractivity contribution in [2.45, 2.75) is 18.9 Å². The predicted octanol–water partition coefficient (Wildman–Crippen LogP) is 2.86. The number of nitrogens with zero attached hydrogens (tertiary/aromatic N) is 2. The van der Waals surface area contributed by atoms with E-state index in [0.717, 1.165) is 18.7 Å². The van der Waals surface area contributed by atoms with Crippen LogP contribution in [0.4, 0.5) is 11.4 Å². The fraction of sp³-hybridized carbons (Fsp3) is 0.538. The summed E-state index contributed by atoms with van der Waals surface area (Å²) < 4.78 is 0.534. The SMILES string of the molecule is O=[N+]([O-])c1ccc(NC2CCN3CCC2C3)cc1Br. The molecule has 0 saturated carbocycles.